The summed E-state index contributed by atoms with van der Waals surface area (Å²) in [5, 5.41) is 16.3. The average molecular weight is 294 g/mol. The summed E-state index contributed by atoms with van der Waals surface area (Å²) in [5.41, 5.74) is 3.91. The molecule has 0 aliphatic carbocycles. The molecule has 6 nitrogen and oxygen atoms in total. The molecule has 0 bridgehead atoms. The zero-order chi connectivity index (χ0) is 14.8. The van der Waals surface area contributed by atoms with Crippen molar-refractivity contribution in [3.8, 4) is 0 Å². The average Bonchev–Trinajstić information content (AvgIpc) is 2.72. The summed E-state index contributed by atoms with van der Waals surface area (Å²) < 4.78 is 0. The van der Waals surface area contributed by atoms with E-state index in [0.29, 0.717) is 5.11 Å². The molecule has 0 amide bonds. The minimum Gasteiger partial charge on any atom is -0.342 e. The van der Waals surface area contributed by atoms with Gasteiger partial charge in [0, 0.05) is 12.1 Å². The second-order valence-electron chi connectivity index (χ2n) is 5.09. The normalized spacial score (nSPS) is 21.9. The van der Waals surface area contributed by atoms with Gasteiger partial charge in [-0.05, 0) is 44.1 Å². The van der Waals surface area contributed by atoms with Gasteiger partial charge in [-0.2, -0.15) is 0 Å². The molecule has 1 aliphatic rings. The number of unbranched alkanes of at least 4 members (excludes halogenated alkanes) is 1. The first-order chi connectivity index (χ1) is 9.45. The van der Waals surface area contributed by atoms with Gasteiger partial charge in [0.15, 0.2) is 5.11 Å². The summed E-state index contributed by atoms with van der Waals surface area (Å²) in [6.45, 7) is 4.20. The Morgan fingerprint density at radius 3 is 2.60 bits per heavy atom. The van der Waals surface area contributed by atoms with Gasteiger partial charge in [0.2, 0.25) is 0 Å². The molecule has 1 fully saturated rings. The first-order valence-electron chi connectivity index (χ1n) is 6.60. The molecule has 1 aromatic carbocycles. The van der Waals surface area contributed by atoms with E-state index in [1.807, 2.05) is 0 Å². The molecule has 20 heavy (non-hydrogen) atoms. The lowest BCUT2D eigenvalue weighted by Crippen LogP contribution is -2.48. The molecular weight excluding hydrogens is 276 g/mol. The smallest absolute Gasteiger partial charge is 0.269 e. The monoisotopic (exact) mass is 294 g/mol. The Bertz CT molecular complexity index is 520. The van der Waals surface area contributed by atoms with Crippen LogP contribution in [0.1, 0.15) is 33.1 Å². The maximum Gasteiger partial charge on any atom is 0.269 e. The number of hydrogen-bond donors (Lipinski definition) is 2. The molecule has 0 aromatic heterocycles. The molecule has 0 saturated carbocycles. The summed E-state index contributed by atoms with van der Waals surface area (Å²) in [6.07, 6.45) is 3.16. The fourth-order valence-electron chi connectivity index (χ4n) is 2.17. The van der Waals surface area contributed by atoms with Gasteiger partial charge in [-0.3, -0.25) is 15.1 Å². The van der Waals surface area contributed by atoms with Crippen LogP contribution in [0.3, 0.4) is 0 Å². The molecule has 2 N–H and O–H groups in total. The van der Waals surface area contributed by atoms with Gasteiger partial charge in [-0.1, -0.05) is 13.3 Å². The van der Waals surface area contributed by atoms with Crippen molar-refractivity contribution in [1.82, 2.24) is 10.7 Å². The fraction of sp³-hybridized carbons (Fsp3) is 0.462. The molecule has 108 valence electrons. The molecule has 0 spiro atoms. The van der Waals surface area contributed by atoms with Gasteiger partial charge >= 0.3 is 0 Å². The van der Waals surface area contributed by atoms with E-state index >= 15 is 0 Å². The number of nitro groups is 1. The lowest BCUT2D eigenvalue weighted by molar-refractivity contribution is -0.384. The molecule has 1 aromatic rings. The summed E-state index contributed by atoms with van der Waals surface area (Å²) >= 11 is 5.32. The topological polar surface area (TPSA) is 70.4 Å². The van der Waals surface area contributed by atoms with Crippen molar-refractivity contribution in [3.63, 3.8) is 0 Å². The van der Waals surface area contributed by atoms with Crippen molar-refractivity contribution in [2.24, 2.45) is 0 Å². The Labute approximate surface area is 123 Å². The predicted molar refractivity (Wildman–Crippen MR) is 82.4 cm³/mol. The maximum absolute atomic E-state index is 10.7. The van der Waals surface area contributed by atoms with E-state index in [2.05, 4.69) is 24.6 Å². The molecule has 0 radical (unpaired) electrons. The zero-order valence-corrected chi connectivity index (χ0v) is 12.4. The van der Waals surface area contributed by atoms with E-state index in [1.54, 1.807) is 17.1 Å². The molecule has 1 aliphatic heterocycles. The summed E-state index contributed by atoms with van der Waals surface area (Å²) in [4.78, 5) is 10.2. The van der Waals surface area contributed by atoms with Crippen LogP contribution in [0.25, 0.3) is 0 Å². The van der Waals surface area contributed by atoms with Crippen molar-refractivity contribution < 1.29 is 4.92 Å². The molecular formula is C13H18N4O2S. The van der Waals surface area contributed by atoms with Crippen molar-refractivity contribution in [3.05, 3.63) is 34.4 Å². The predicted octanol–water partition coefficient (Wildman–Crippen LogP) is 2.70. The molecule has 1 saturated heterocycles. The van der Waals surface area contributed by atoms with Crippen LogP contribution in [-0.4, -0.2) is 15.7 Å². The van der Waals surface area contributed by atoms with Crippen LogP contribution in [0.5, 0.6) is 0 Å². The molecule has 1 heterocycles. The largest absolute Gasteiger partial charge is 0.342 e. The highest BCUT2D eigenvalue weighted by Crippen LogP contribution is 2.24. The van der Waals surface area contributed by atoms with E-state index in [0.717, 1.165) is 24.9 Å². The van der Waals surface area contributed by atoms with E-state index in [9.17, 15) is 10.1 Å². The molecule has 1 atom stereocenters. The van der Waals surface area contributed by atoms with Crippen LogP contribution in [0.4, 0.5) is 11.4 Å². The van der Waals surface area contributed by atoms with Gasteiger partial charge in [-0.15, -0.1) is 0 Å². The second kappa shape index (κ2) is 5.72. The highest BCUT2D eigenvalue weighted by molar-refractivity contribution is 7.80. The van der Waals surface area contributed by atoms with Crippen molar-refractivity contribution in [2.75, 3.05) is 5.01 Å². The molecule has 2 rings (SSSR count). The van der Waals surface area contributed by atoms with Crippen molar-refractivity contribution >= 4 is 28.7 Å². The van der Waals surface area contributed by atoms with Gasteiger partial charge in [0.25, 0.3) is 5.69 Å². The number of nitrogens with one attached hydrogen (secondary N) is 2. The third-order valence-corrected chi connectivity index (χ3v) is 3.58. The number of benzene rings is 1. The Balaban J connectivity index is 2.13. The first kappa shape index (κ1) is 14.7. The van der Waals surface area contributed by atoms with Crippen molar-refractivity contribution in [1.29, 1.82) is 0 Å². The number of rotatable bonds is 5. The number of nitro benzene ring substituents is 1. The van der Waals surface area contributed by atoms with E-state index in [-0.39, 0.29) is 11.4 Å². The highest BCUT2D eigenvalue weighted by Gasteiger charge is 2.35. The third-order valence-electron chi connectivity index (χ3n) is 3.29. The van der Waals surface area contributed by atoms with Gasteiger partial charge < -0.3 is 5.32 Å². The second-order valence-corrected chi connectivity index (χ2v) is 5.47. The van der Waals surface area contributed by atoms with E-state index in [1.165, 1.54) is 12.1 Å². The van der Waals surface area contributed by atoms with E-state index < -0.39 is 4.92 Å². The van der Waals surface area contributed by atoms with Crippen LogP contribution in [0.15, 0.2) is 24.3 Å². The van der Waals surface area contributed by atoms with Crippen LogP contribution in [0, 0.1) is 10.1 Å². The standard InChI is InChI=1S/C13H18N4O2S/c1-3-4-9-13(2)14-12(20)16(15-13)10-5-7-11(8-6-10)17(18)19/h5-8,15H,3-4,9H2,1-2H3,(H,14,20)/t13-/m0/s1. The maximum atomic E-state index is 10.7. The van der Waals surface area contributed by atoms with Crippen LogP contribution < -0.4 is 15.8 Å². The van der Waals surface area contributed by atoms with E-state index in [4.69, 9.17) is 12.2 Å². The Hall–Kier alpha value is -1.73. The third kappa shape index (κ3) is 3.05. The fourth-order valence-corrected chi connectivity index (χ4v) is 2.55. The lowest BCUT2D eigenvalue weighted by Gasteiger charge is -2.25. The van der Waals surface area contributed by atoms with Crippen LogP contribution in [-0.2, 0) is 0 Å². The molecule has 7 heteroatoms. The SMILES string of the molecule is CCCC[C@@]1(C)NC(=S)N(c2ccc([N+](=O)[O-])cc2)N1. The van der Waals surface area contributed by atoms with Gasteiger partial charge in [-0.25, -0.2) is 5.43 Å². The number of hydrogen-bond acceptors (Lipinski definition) is 4. The highest BCUT2D eigenvalue weighted by atomic mass is 32.1. The quantitative estimate of drug-likeness (QED) is 0.494. The van der Waals surface area contributed by atoms with Crippen LogP contribution >= 0.6 is 12.2 Å². The van der Waals surface area contributed by atoms with Crippen LogP contribution in [0.2, 0.25) is 0 Å². The minimum atomic E-state index is -0.414. The number of non-ortho nitro benzene ring substituents is 1. The summed E-state index contributed by atoms with van der Waals surface area (Å²) in [7, 11) is 0. The van der Waals surface area contributed by atoms with Gasteiger partial charge in [0.05, 0.1) is 10.6 Å². The number of anilines is 1. The first-order valence-corrected chi connectivity index (χ1v) is 7.00. The number of nitrogens with zero attached hydrogens (tertiary/aromatic N) is 2. The summed E-state index contributed by atoms with van der Waals surface area (Å²) in [6, 6.07) is 6.32. The lowest BCUT2D eigenvalue weighted by atomic mass is 10.1. The van der Waals surface area contributed by atoms with Gasteiger partial charge in [0.1, 0.15) is 5.66 Å². The Morgan fingerprint density at radius 2 is 2.05 bits per heavy atom. The minimum absolute atomic E-state index is 0.0700. The Morgan fingerprint density at radius 1 is 1.40 bits per heavy atom. The zero-order valence-electron chi connectivity index (χ0n) is 11.5. The Kier molecular flexibility index (Phi) is 4.20. The number of hydrazine groups is 1. The summed E-state index contributed by atoms with van der Waals surface area (Å²) in [5.74, 6) is 0. The molecule has 0 unspecified atom stereocenters. The van der Waals surface area contributed by atoms with Crippen molar-refractivity contribution in [2.45, 2.75) is 38.8 Å². The number of thiocarbonyl (C=S) groups is 1.